The third-order valence-electron chi connectivity index (χ3n) is 5.55. The third kappa shape index (κ3) is 4.34. The predicted octanol–water partition coefficient (Wildman–Crippen LogP) is 4.84. The second kappa shape index (κ2) is 8.41. The molecule has 0 saturated carbocycles. The highest BCUT2D eigenvalue weighted by atomic mass is 32.1. The molecule has 0 spiro atoms. The molecule has 4 heterocycles. The first-order chi connectivity index (χ1) is 14.8. The molecule has 1 N–H and O–H groups in total. The minimum atomic E-state index is -4.57. The van der Waals surface area contributed by atoms with E-state index in [0.717, 1.165) is 23.7 Å². The first-order valence-electron chi connectivity index (χ1n) is 10.1. The van der Waals surface area contributed by atoms with E-state index in [2.05, 4.69) is 20.2 Å². The number of piperidine rings is 1. The Labute approximate surface area is 181 Å². The van der Waals surface area contributed by atoms with Crippen LogP contribution >= 0.6 is 11.3 Å². The molecule has 10 heteroatoms. The number of amides is 1. The predicted molar refractivity (Wildman–Crippen MR) is 111 cm³/mol. The highest BCUT2D eigenvalue weighted by Crippen LogP contribution is 2.34. The summed E-state index contributed by atoms with van der Waals surface area (Å²) in [5, 5.41) is 8.84. The molecule has 0 radical (unpaired) electrons. The Kier molecular flexibility index (Phi) is 5.83. The first-order valence-corrected chi connectivity index (χ1v) is 11.0. The number of nitrogens with one attached hydrogen (secondary N) is 1. The quantitative estimate of drug-likeness (QED) is 0.619. The van der Waals surface area contributed by atoms with Gasteiger partial charge in [-0.1, -0.05) is 13.0 Å². The number of carbonyl (C=O) groups excluding carboxylic acids is 1. The van der Waals surface area contributed by atoms with E-state index in [1.165, 1.54) is 11.3 Å². The molecule has 0 aromatic carbocycles. The van der Waals surface area contributed by atoms with E-state index in [0.29, 0.717) is 30.0 Å². The lowest BCUT2D eigenvalue weighted by Crippen LogP contribution is -2.40. The number of rotatable bonds is 4. The smallest absolute Gasteiger partial charge is 0.337 e. The van der Waals surface area contributed by atoms with Crippen LogP contribution in [-0.4, -0.2) is 44.1 Å². The number of aromatic nitrogens is 4. The van der Waals surface area contributed by atoms with Crippen molar-refractivity contribution in [2.45, 2.75) is 45.2 Å². The summed E-state index contributed by atoms with van der Waals surface area (Å²) in [5.41, 5.74) is 1.37. The molecule has 0 aliphatic carbocycles. The summed E-state index contributed by atoms with van der Waals surface area (Å²) in [6.07, 6.45) is -2.56. The molecule has 1 atom stereocenters. The number of aromatic amines is 1. The van der Waals surface area contributed by atoms with Gasteiger partial charge in [0.2, 0.25) is 0 Å². The van der Waals surface area contributed by atoms with Gasteiger partial charge in [0.05, 0.1) is 10.6 Å². The van der Waals surface area contributed by atoms with Gasteiger partial charge in [0, 0.05) is 30.3 Å². The van der Waals surface area contributed by atoms with Crippen LogP contribution in [0.3, 0.4) is 0 Å². The van der Waals surface area contributed by atoms with Crippen molar-refractivity contribution in [3.63, 3.8) is 0 Å². The lowest BCUT2D eigenvalue weighted by molar-refractivity contribution is -0.141. The van der Waals surface area contributed by atoms with Crippen LogP contribution in [-0.2, 0) is 12.6 Å². The van der Waals surface area contributed by atoms with E-state index in [1.54, 1.807) is 22.4 Å². The minimum absolute atomic E-state index is 0.128. The number of nitrogens with zero attached hydrogens (tertiary/aromatic N) is 4. The zero-order chi connectivity index (χ0) is 22.2. The van der Waals surface area contributed by atoms with Crippen molar-refractivity contribution in [3.8, 4) is 10.6 Å². The van der Waals surface area contributed by atoms with Gasteiger partial charge >= 0.3 is 6.18 Å². The maximum Gasteiger partial charge on any atom is 0.433 e. The molecule has 3 aromatic heterocycles. The van der Waals surface area contributed by atoms with E-state index >= 15 is 0 Å². The van der Waals surface area contributed by atoms with Crippen molar-refractivity contribution < 1.29 is 18.0 Å². The molecule has 1 amide bonds. The minimum Gasteiger partial charge on any atom is -0.337 e. The van der Waals surface area contributed by atoms with E-state index in [4.69, 9.17) is 0 Å². The number of likely N-dealkylation sites (tertiary alicyclic amines) is 1. The van der Waals surface area contributed by atoms with E-state index in [-0.39, 0.29) is 29.9 Å². The summed E-state index contributed by atoms with van der Waals surface area (Å²) in [5.74, 6) is -0.462. The fourth-order valence-corrected chi connectivity index (χ4v) is 4.54. The number of H-pyrrole nitrogens is 1. The number of hydrogen-bond donors (Lipinski definition) is 1. The first kappa shape index (κ1) is 21.5. The Balaban J connectivity index is 1.64. The zero-order valence-corrected chi connectivity index (χ0v) is 18.0. The third-order valence-corrected chi connectivity index (χ3v) is 6.44. The Bertz CT molecular complexity index is 1080. The van der Waals surface area contributed by atoms with Crippen LogP contribution in [0.15, 0.2) is 23.6 Å². The van der Waals surface area contributed by atoms with Gasteiger partial charge in [-0.2, -0.15) is 18.3 Å². The number of thiophene rings is 1. The van der Waals surface area contributed by atoms with Gasteiger partial charge in [-0.3, -0.25) is 9.89 Å². The van der Waals surface area contributed by atoms with E-state index < -0.39 is 11.9 Å². The molecule has 1 aliphatic heterocycles. The average Bonchev–Trinajstić information content (AvgIpc) is 3.42. The number of alkyl halides is 3. The van der Waals surface area contributed by atoms with Gasteiger partial charge in [0.1, 0.15) is 11.5 Å². The number of aryl methyl sites for hydroxylation is 1. The van der Waals surface area contributed by atoms with Crippen LogP contribution in [0.5, 0.6) is 0 Å². The number of hydrogen-bond acceptors (Lipinski definition) is 5. The van der Waals surface area contributed by atoms with Crippen molar-refractivity contribution in [1.82, 2.24) is 25.1 Å². The zero-order valence-electron chi connectivity index (χ0n) is 17.2. The van der Waals surface area contributed by atoms with Gasteiger partial charge < -0.3 is 4.90 Å². The highest BCUT2D eigenvalue weighted by Gasteiger charge is 2.36. The van der Waals surface area contributed by atoms with Gasteiger partial charge in [0.15, 0.2) is 5.69 Å². The molecular weight excluding hydrogens is 427 g/mol. The van der Waals surface area contributed by atoms with Crippen molar-refractivity contribution in [3.05, 3.63) is 52.0 Å². The molecule has 3 aromatic rings. The van der Waals surface area contributed by atoms with Crippen molar-refractivity contribution in [1.29, 1.82) is 0 Å². The standard InChI is InChI=1S/C21H22F3N5OS/c1-3-14-12(2)18(28-27-14)20(30)29-8-4-6-13(11-29)19-25-15(16-7-5-9-31-16)10-17(26-19)21(22,23)24/h5,7,9-10,13H,3-4,6,8,11H2,1-2H3,(H,27,28)/t13-/m0/s1. The lowest BCUT2D eigenvalue weighted by atomic mass is 9.96. The Morgan fingerprint density at radius 1 is 1.35 bits per heavy atom. The van der Waals surface area contributed by atoms with Crippen LogP contribution < -0.4 is 0 Å². The molecule has 164 valence electrons. The maximum absolute atomic E-state index is 13.5. The van der Waals surface area contributed by atoms with Crippen LogP contribution in [0, 0.1) is 6.92 Å². The summed E-state index contributed by atoms with van der Waals surface area (Å²) in [6.45, 7) is 4.61. The maximum atomic E-state index is 13.5. The van der Waals surface area contributed by atoms with Gasteiger partial charge in [-0.05, 0) is 43.7 Å². The van der Waals surface area contributed by atoms with E-state index in [9.17, 15) is 18.0 Å². The van der Waals surface area contributed by atoms with Gasteiger partial charge in [0.25, 0.3) is 5.91 Å². The van der Waals surface area contributed by atoms with Gasteiger partial charge in [-0.15, -0.1) is 11.3 Å². The van der Waals surface area contributed by atoms with Crippen LogP contribution in [0.4, 0.5) is 13.2 Å². The van der Waals surface area contributed by atoms with Crippen LogP contribution in [0.1, 0.15) is 58.9 Å². The average molecular weight is 450 g/mol. The topological polar surface area (TPSA) is 74.8 Å². The summed E-state index contributed by atoms with van der Waals surface area (Å²) in [6, 6.07) is 4.49. The molecular formula is C21H22F3N5OS. The van der Waals surface area contributed by atoms with Crippen LogP contribution in [0.25, 0.3) is 10.6 Å². The molecule has 31 heavy (non-hydrogen) atoms. The molecule has 6 nitrogen and oxygen atoms in total. The molecule has 0 bridgehead atoms. The van der Waals surface area contributed by atoms with Crippen molar-refractivity contribution in [2.75, 3.05) is 13.1 Å². The van der Waals surface area contributed by atoms with Crippen molar-refractivity contribution in [2.24, 2.45) is 0 Å². The summed E-state index contributed by atoms with van der Waals surface area (Å²) < 4.78 is 40.5. The normalized spacial score (nSPS) is 17.2. The molecule has 4 rings (SSSR count). The second-order valence-electron chi connectivity index (χ2n) is 7.59. The largest absolute Gasteiger partial charge is 0.433 e. The summed E-state index contributed by atoms with van der Waals surface area (Å²) in [4.78, 5) is 23.6. The number of halogens is 3. The van der Waals surface area contributed by atoms with Crippen LogP contribution in [0.2, 0.25) is 0 Å². The SMILES string of the molecule is CCc1[nH]nc(C(=O)N2CCC[C@H](c3nc(-c4cccs4)cc(C(F)(F)F)n3)C2)c1C. The fourth-order valence-electron chi connectivity index (χ4n) is 3.85. The Hall–Kier alpha value is -2.75. The fraction of sp³-hybridized carbons (Fsp3) is 0.429. The van der Waals surface area contributed by atoms with Crippen molar-refractivity contribution >= 4 is 17.2 Å². The summed E-state index contributed by atoms with van der Waals surface area (Å²) >= 11 is 1.33. The van der Waals surface area contributed by atoms with E-state index in [1.807, 2.05) is 13.8 Å². The Morgan fingerprint density at radius 2 is 2.16 bits per heavy atom. The molecule has 1 aliphatic rings. The lowest BCUT2D eigenvalue weighted by Gasteiger charge is -2.32. The second-order valence-corrected chi connectivity index (χ2v) is 8.54. The summed E-state index contributed by atoms with van der Waals surface area (Å²) in [7, 11) is 0. The molecule has 0 unspecified atom stereocenters. The van der Waals surface area contributed by atoms with Gasteiger partial charge in [-0.25, -0.2) is 9.97 Å². The number of carbonyl (C=O) groups is 1. The molecule has 1 fully saturated rings. The molecule has 1 saturated heterocycles. The highest BCUT2D eigenvalue weighted by molar-refractivity contribution is 7.13. The Morgan fingerprint density at radius 3 is 2.81 bits per heavy atom. The monoisotopic (exact) mass is 449 g/mol.